The van der Waals surface area contributed by atoms with Crippen LogP contribution in [0.1, 0.15) is 15.2 Å². The molecular formula is C19H16ClN3O4S. The number of carbonyl (C=O) groups is 2. The lowest BCUT2D eigenvalue weighted by Gasteiger charge is -2.04. The zero-order valence-electron chi connectivity index (χ0n) is 14.7. The summed E-state index contributed by atoms with van der Waals surface area (Å²) in [5.74, 6) is -0.616. The van der Waals surface area contributed by atoms with Gasteiger partial charge in [-0.15, -0.1) is 11.3 Å². The Morgan fingerprint density at radius 2 is 2.07 bits per heavy atom. The van der Waals surface area contributed by atoms with Gasteiger partial charge in [-0.05, 0) is 29.8 Å². The number of methoxy groups -OCH3 is 1. The van der Waals surface area contributed by atoms with Gasteiger partial charge in [0, 0.05) is 10.1 Å². The Balaban J connectivity index is 1.55. The lowest BCUT2D eigenvalue weighted by molar-refractivity contribution is -0.120. The van der Waals surface area contributed by atoms with Crippen molar-refractivity contribution in [3.63, 3.8) is 0 Å². The minimum absolute atomic E-state index is 0.00583. The predicted molar refractivity (Wildman–Crippen MR) is 110 cm³/mol. The largest absolute Gasteiger partial charge is 0.504 e. The van der Waals surface area contributed by atoms with Crippen LogP contribution in [0.2, 0.25) is 5.02 Å². The molecule has 0 spiro atoms. The molecule has 1 heterocycles. The van der Waals surface area contributed by atoms with Crippen molar-refractivity contribution in [1.82, 2.24) is 10.7 Å². The highest BCUT2D eigenvalue weighted by atomic mass is 35.5. The van der Waals surface area contributed by atoms with Crippen LogP contribution in [-0.4, -0.2) is 36.8 Å². The molecule has 3 rings (SSSR count). The van der Waals surface area contributed by atoms with E-state index in [9.17, 15) is 14.7 Å². The summed E-state index contributed by atoms with van der Waals surface area (Å²) in [4.78, 5) is 24.5. The van der Waals surface area contributed by atoms with Gasteiger partial charge in [0.25, 0.3) is 11.8 Å². The molecule has 3 N–H and O–H groups in total. The third-order valence-corrected chi connectivity index (χ3v) is 5.43. The number of nitrogens with zero attached hydrogens (tertiary/aromatic N) is 1. The molecule has 2 aromatic carbocycles. The van der Waals surface area contributed by atoms with Gasteiger partial charge in [-0.1, -0.05) is 29.8 Å². The molecule has 0 atom stereocenters. The van der Waals surface area contributed by atoms with Crippen molar-refractivity contribution in [3.8, 4) is 11.5 Å². The smallest absolute Gasteiger partial charge is 0.263 e. The first-order valence-electron chi connectivity index (χ1n) is 8.13. The number of benzene rings is 2. The van der Waals surface area contributed by atoms with Crippen LogP contribution in [0.15, 0.2) is 47.6 Å². The fourth-order valence-electron chi connectivity index (χ4n) is 2.39. The molecule has 28 heavy (non-hydrogen) atoms. The zero-order valence-corrected chi connectivity index (χ0v) is 16.3. The summed E-state index contributed by atoms with van der Waals surface area (Å²) in [6.45, 7) is -0.250. The predicted octanol–water partition coefficient (Wildman–Crippen LogP) is 3.15. The van der Waals surface area contributed by atoms with Gasteiger partial charge in [0.15, 0.2) is 11.5 Å². The number of phenolic OH excluding ortho intramolecular Hbond substituents is 1. The van der Waals surface area contributed by atoms with E-state index >= 15 is 0 Å². The third kappa shape index (κ3) is 4.41. The SMILES string of the molecule is COc1cc(C=NNC(=O)CNC(=O)c2sc3ccccc3c2Cl)ccc1O. The van der Waals surface area contributed by atoms with Crippen LogP contribution < -0.4 is 15.5 Å². The summed E-state index contributed by atoms with van der Waals surface area (Å²) in [5, 5.41) is 17.1. The molecule has 0 aliphatic rings. The first-order valence-corrected chi connectivity index (χ1v) is 9.33. The second-order valence-corrected chi connectivity index (χ2v) is 7.08. The van der Waals surface area contributed by atoms with Crippen molar-refractivity contribution in [2.45, 2.75) is 0 Å². The molecule has 0 saturated carbocycles. The lowest BCUT2D eigenvalue weighted by atomic mass is 10.2. The first-order chi connectivity index (χ1) is 13.5. The molecule has 0 aliphatic heterocycles. The topological polar surface area (TPSA) is 100 Å². The summed E-state index contributed by atoms with van der Waals surface area (Å²) in [6, 6.07) is 12.1. The first kappa shape index (κ1) is 19.7. The highest BCUT2D eigenvalue weighted by Crippen LogP contribution is 2.34. The maximum absolute atomic E-state index is 12.3. The van der Waals surface area contributed by atoms with Crippen LogP contribution in [-0.2, 0) is 4.79 Å². The molecule has 3 aromatic rings. The fourth-order valence-corrected chi connectivity index (χ4v) is 3.83. The van der Waals surface area contributed by atoms with Gasteiger partial charge in [0.2, 0.25) is 0 Å². The van der Waals surface area contributed by atoms with E-state index in [0.717, 1.165) is 10.1 Å². The Hall–Kier alpha value is -3.10. The molecule has 0 saturated heterocycles. The van der Waals surface area contributed by atoms with E-state index in [2.05, 4.69) is 15.8 Å². The van der Waals surface area contributed by atoms with Crippen LogP contribution in [0.3, 0.4) is 0 Å². The molecule has 1 aromatic heterocycles. The number of thiophene rings is 1. The maximum atomic E-state index is 12.3. The second kappa shape index (κ2) is 8.73. The summed E-state index contributed by atoms with van der Waals surface area (Å²) < 4.78 is 5.89. The van der Waals surface area contributed by atoms with Crippen molar-refractivity contribution in [2.75, 3.05) is 13.7 Å². The van der Waals surface area contributed by atoms with Gasteiger partial charge in [-0.2, -0.15) is 5.10 Å². The fraction of sp³-hybridized carbons (Fsp3) is 0.105. The number of halogens is 1. The Labute approximate surface area is 169 Å². The van der Waals surface area contributed by atoms with E-state index in [0.29, 0.717) is 21.2 Å². The van der Waals surface area contributed by atoms with Crippen LogP contribution >= 0.6 is 22.9 Å². The number of phenols is 1. The summed E-state index contributed by atoms with van der Waals surface area (Å²) >= 11 is 7.52. The highest BCUT2D eigenvalue weighted by molar-refractivity contribution is 7.21. The third-order valence-electron chi connectivity index (χ3n) is 3.76. The average molecular weight is 418 g/mol. The zero-order chi connectivity index (χ0) is 20.1. The molecule has 0 aliphatic carbocycles. The normalized spacial score (nSPS) is 10.9. The molecule has 2 amide bonds. The van der Waals surface area contributed by atoms with Crippen molar-refractivity contribution in [1.29, 1.82) is 0 Å². The van der Waals surface area contributed by atoms with E-state index in [-0.39, 0.29) is 12.3 Å². The number of nitrogens with one attached hydrogen (secondary N) is 2. The quantitative estimate of drug-likeness (QED) is 0.423. The van der Waals surface area contributed by atoms with E-state index < -0.39 is 11.8 Å². The second-order valence-electron chi connectivity index (χ2n) is 5.65. The maximum Gasteiger partial charge on any atom is 0.263 e. The van der Waals surface area contributed by atoms with Gasteiger partial charge >= 0.3 is 0 Å². The molecule has 0 fully saturated rings. The van der Waals surface area contributed by atoms with Crippen LogP contribution in [0.5, 0.6) is 11.5 Å². The van der Waals surface area contributed by atoms with Crippen molar-refractivity contribution >= 4 is 51.1 Å². The standard InChI is InChI=1S/C19H16ClN3O4S/c1-27-14-8-11(6-7-13(14)24)9-22-23-16(25)10-21-19(26)18-17(20)12-4-2-3-5-15(12)28-18/h2-9,24H,10H2,1H3,(H,21,26)(H,23,25). The average Bonchev–Trinajstić information content (AvgIpc) is 3.04. The number of ether oxygens (including phenoxy) is 1. The van der Waals surface area contributed by atoms with Crippen molar-refractivity contribution in [2.24, 2.45) is 5.10 Å². The Kier molecular flexibility index (Phi) is 6.13. The summed E-state index contributed by atoms with van der Waals surface area (Å²) in [5.41, 5.74) is 2.94. The number of amides is 2. The van der Waals surface area contributed by atoms with Crippen LogP contribution in [0, 0.1) is 0 Å². The Morgan fingerprint density at radius 3 is 2.82 bits per heavy atom. The number of carbonyl (C=O) groups excluding carboxylic acids is 2. The van der Waals surface area contributed by atoms with Gasteiger partial charge in [0.05, 0.1) is 24.9 Å². The molecule has 7 nitrogen and oxygen atoms in total. The minimum Gasteiger partial charge on any atom is -0.504 e. The monoisotopic (exact) mass is 417 g/mol. The lowest BCUT2D eigenvalue weighted by Crippen LogP contribution is -2.34. The Morgan fingerprint density at radius 1 is 1.29 bits per heavy atom. The molecule has 144 valence electrons. The van der Waals surface area contributed by atoms with Gasteiger partial charge in [-0.3, -0.25) is 9.59 Å². The molecule has 9 heteroatoms. The summed E-state index contributed by atoms with van der Waals surface area (Å²) in [6.07, 6.45) is 1.39. The summed E-state index contributed by atoms with van der Waals surface area (Å²) in [7, 11) is 1.43. The number of hydrazone groups is 1. The van der Waals surface area contributed by atoms with E-state index in [1.165, 1.54) is 30.7 Å². The molecule has 0 radical (unpaired) electrons. The van der Waals surface area contributed by atoms with Gasteiger partial charge < -0.3 is 15.2 Å². The van der Waals surface area contributed by atoms with E-state index in [4.69, 9.17) is 16.3 Å². The molecular weight excluding hydrogens is 402 g/mol. The van der Waals surface area contributed by atoms with Crippen LogP contribution in [0.25, 0.3) is 10.1 Å². The number of aromatic hydroxyl groups is 1. The minimum atomic E-state index is -0.493. The molecule has 0 bridgehead atoms. The number of hydrogen-bond acceptors (Lipinski definition) is 6. The van der Waals surface area contributed by atoms with Crippen molar-refractivity contribution in [3.05, 3.63) is 57.9 Å². The van der Waals surface area contributed by atoms with E-state index in [1.807, 2.05) is 24.3 Å². The highest BCUT2D eigenvalue weighted by Gasteiger charge is 2.17. The van der Waals surface area contributed by atoms with Gasteiger partial charge in [-0.25, -0.2) is 5.43 Å². The number of fused-ring (bicyclic) bond motifs is 1. The van der Waals surface area contributed by atoms with Crippen LogP contribution in [0.4, 0.5) is 0 Å². The van der Waals surface area contributed by atoms with Crippen molar-refractivity contribution < 1.29 is 19.4 Å². The number of hydrogen-bond donors (Lipinski definition) is 3. The van der Waals surface area contributed by atoms with E-state index in [1.54, 1.807) is 12.1 Å². The van der Waals surface area contributed by atoms with Gasteiger partial charge in [0.1, 0.15) is 4.88 Å². The Bertz CT molecular complexity index is 1060. The molecule has 0 unspecified atom stereocenters. The number of rotatable bonds is 6.